The molecule has 0 aliphatic carbocycles. The molecular formula is C26H38N6. The fraction of sp³-hybridized carbons (Fsp3) is 0.538. The van der Waals surface area contributed by atoms with Gasteiger partial charge in [-0.15, -0.1) is 0 Å². The van der Waals surface area contributed by atoms with Gasteiger partial charge < -0.3 is 20.4 Å². The first-order chi connectivity index (χ1) is 15.6. The largest absolute Gasteiger partial charge is 0.372 e. The van der Waals surface area contributed by atoms with E-state index in [4.69, 9.17) is 0 Å². The van der Waals surface area contributed by atoms with Gasteiger partial charge in [-0.25, -0.2) is 4.98 Å². The maximum absolute atomic E-state index is 4.57. The van der Waals surface area contributed by atoms with Crippen molar-refractivity contribution in [3.8, 4) is 0 Å². The first-order valence-corrected chi connectivity index (χ1v) is 12.1. The van der Waals surface area contributed by atoms with Gasteiger partial charge in [-0.3, -0.25) is 4.99 Å². The minimum absolute atomic E-state index is 0.437. The van der Waals surface area contributed by atoms with Crippen LogP contribution < -0.4 is 20.4 Å². The molecule has 3 heterocycles. The number of hydrogen-bond donors (Lipinski definition) is 2. The van der Waals surface area contributed by atoms with Crippen LogP contribution in [0.15, 0.2) is 47.6 Å². The Balaban J connectivity index is 1.22. The van der Waals surface area contributed by atoms with E-state index in [0.717, 1.165) is 50.2 Å². The van der Waals surface area contributed by atoms with Crippen LogP contribution in [0.3, 0.4) is 0 Å². The van der Waals surface area contributed by atoms with E-state index < -0.39 is 0 Å². The number of aliphatic imine (C=N–C) groups is 1. The van der Waals surface area contributed by atoms with E-state index in [-0.39, 0.29) is 0 Å². The predicted octanol–water partition coefficient (Wildman–Crippen LogP) is 3.96. The third kappa shape index (κ3) is 5.93. The lowest BCUT2D eigenvalue weighted by atomic mass is 9.99. The first kappa shape index (κ1) is 22.4. The number of rotatable bonds is 5. The van der Waals surface area contributed by atoms with E-state index in [0.29, 0.717) is 6.04 Å². The summed E-state index contributed by atoms with van der Waals surface area (Å²) < 4.78 is 0. The Labute approximate surface area is 193 Å². The Morgan fingerprint density at radius 3 is 2.28 bits per heavy atom. The Bertz CT molecular complexity index is 860. The van der Waals surface area contributed by atoms with Gasteiger partial charge >= 0.3 is 0 Å². The summed E-state index contributed by atoms with van der Waals surface area (Å²) in [5.41, 5.74) is 3.83. The summed E-state index contributed by atoms with van der Waals surface area (Å²) in [7, 11) is 1.85. The number of nitrogens with one attached hydrogen (secondary N) is 2. The minimum atomic E-state index is 0.437. The fourth-order valence-corrected chi connectivity index (χ4v) is 4.57. The number of aromatic nitrogens is 1. The van der Waals surface area contributed by atoms with Crippen molar-refractivity contribution in [1.82, 2.24) is 15.6 Å². The third-order valence-corrected chi connectivity index (χ3v) is 6.82. The molecule has 4 rings (SSSR count). The molecule has 0 bridgehead atoms. The molecule has 0 spiro atoms. The zero-order valence-corrected chi connectivity index (χ0v) is 19.8. The summed E-state index contributed by atoms with van der Waals surface area (Å²) in [5, 5.41) is 7.09. The zero-order chi connectivity index (χ0) is 22.3. The molecule has 2 saturated heterocycles. The molecule has 0 radical (unpaired) electrons. The lowest BCUT2D eigenvalue weighted by Gasteiger charge is -2.34. The summed E-state index contributed by atoms with van der Waals surface area (Å²) in [4.78, 5) is 13.9. The van der Waals surface area contributed by atoms with E-state index in [1.807, 2.05) is 13.2 Å². The SMILES string of the molecule is CN=C(NCc1ccc(N2CCC(C)CC2)cc1)NC1CCN(c2ccc(C)cn2)CC1. The van der Waals surface area contributed by atoms with Gasteiger partial charge in [-0.2, -0.15) is 0 Å². The molecule has 2 fully saturated rings. The van der Waals surface area contributed by atoms with E-state index in [1.54, 1.807) is 0 Å². The second kappa shape index (κ2) is 10.7. The minimum Gasteiger partial charge on any atom is -0.372 e. The monoisotopic (exact) mass is 434 g/mol. The molecule has 0 saturated carbocycles. The molecule has 2 aromatic rings. The summed E-state index contributed by atoms with van der Waals surface area (Å²) in [6.45, 7) is 9.60. The van der Waals surface area contributed by atoms with E-state index in [1.165, 1.54) is 42.7 Å². The third-order valence-electron chi connectivity index (χ3n) is 6.82. The number of hydrogen-bond acceptors (Lipinski definition) is 4. The van der Waals surface area contributed by atoms with Crippen LogP contribution in [0.4, 0.5) is 11.5 Å². The van der Waals surface area contributed by atoms with Crippen molar-refractivity contribution >= 4 is 17.5 Å². The summed E-state index contributed by atoms with van der Waals surface area (Å²) in [5.74, 6) is 2.82. The molecule has 2 aliphatic heterocycles. The average molecular weight is 435 g/mol. The normalized spacial score (nSPS) is 18.7. The highest BCUT2D eigenvalue weighted by atomic mass is 15.2. The number of guanidine groups is 1. The average Bonchev–Trinajstić information content (AvgIpc) is 2.83. The molecule has 6 nitrogen and oxygen atoms in total. The Morgan fingerprint density at radius 1 is 0.969 bits per heavy atom. The Morgan fingerprint density at radius 2 is 1.66 bits per heavy atom. The van der Waals surface area contributed by atoms with Crippen LogP contribution >= 0.6 is 0 Å². The molecule has 2 aliphatic rings. The van der Waals surface area contributed by atoms with Crippen molar-refractivity contribution in [3.05, 3.63) is 53.7 Å². The van der Waals surface area contributed by atoms with Crippen molar-refractivity contribution in [2.75, 3.05) is 43.0 Å². The lowest BCUT2D eigenvalue weighted by Crippen LogP contribution is -2.48. The van der Waals surface area contributed by atoms with Crippen molar-refractivity contribution < 1.29 is 0 Å². The maximum atomic E-state index is 4.57. The number of aryl methyl sites for hydroxylation is 1. The number of benzene rings is 1. The molecule has 0 amide bonds. The van der Waals surface area contributed by atoms with Gasteiger partial charge in [0.15, 0.2) is 5.96 Å². The molecule has 1 aromatic carbocycles. The van der Waals surface area contributed by atoms with Crippen LogP contribution in [-0.2, 0) is 6.54 Å². The molecule has 0 atom stereocenters. The molecule has 2 N–H and O–H groups in total. The second-order valence-electron chi connectivity index (χ2n) is 9.36. The van der Waals surface area contributed by atoms with E-state index >= 15 is 0 Å². The van der Waals surface area contributed by atoms with Crippen LogP contribution in [-0.4, -0.2) is 50.2 Å². The maximum Gasteiger partial charge on any atom is 0.191 e. The van der Waals surface area contributed by atoms with Gasteiger partial charge in [0.25, 0.3) is 0 Å². The van der Waals surface area contributed by atoms with Crippen molar-refractivity contribution in [2.45, 2.75) is 52.1 Å². The van der Waals surface area contributed by atoms with Gasteiger partial charge in [0.1, 0.15) is 5.82 Å². The Kier molecular flexibility index (Phi) is 7.51. The molecule has 32 heavy (non-hydrogen) atoms. The Hall–Kier alpha value is -2.76. The highest BCUT2D eigenvalue weighted by molar-refractivity contribution is 5.80. The molecule has 172 valence electrons. The van der Waals surface area contributed by atoms with Gasteiger partial charge in [-0.05, 0) is 67.9 Å². The van der Waals surface area contributed by atoms with Crippen molar-refractivity contribution in [1.29, 1.82) is 0 Å². The number of anilines is 2. The van der Waals surface area contributed by atoms with Crippen LogP contribution in [0.5, 0.6) is 0 Å². The van der Waals surface area contributed by atoms with Crippen LogP contribution in [0.2, 0.25) is 0 Å². The molecule has 6 heteroatoms. The fourth-order valence-electron chi connectivity index (χ4n) is 4.57. The van der Waals surface area contributed by atoms with E-state index in [2.05, 4.69) is 80.7 Å². The molecule has 0 unspecified atom stereocenters. The van der Waals surface area contributed by atoms with Gasteiger partial charge in [0, 0.05) is 57.7 Å². The van der Waals surface area contributed by atoms with Gasteiger partial charge in [0.05, 0.1) is 0 Å². The van der Waals surface area contributed by atoms with Crippen molar-refractivity contribution in [2.24, 2.45) is 10.9 Å². The summed E-state index contributed by atoms with van der Waals surface area (Å²) in [6, 6.07) is 13.7. The van der Waals surface area contributed by atoms with Crippen LogP contribution in [0, 0.1) is 12.8 Å². The smallest absolute Gasteiger partial charge is 0.191 e. The van der Waals surface area contributed by atoms with Crippen molar-refractivity contribution in [3.63, 3.8) is 0 Å². The predicted molar refractivity (Wildman–Crippen MR) is 135 cm³/mol. The lowest BCUT2D eigenvalue weighted by molar-refractivity contribution is 0.438. The molecule has 1 aromatic heterocycles. The summed E-state index contributed by atoms with van der Waals surface area (Å²) in [6.07, 6.45) is 6.71. The number of nitrogens with zero attached hydrogens (tertiary/aromatic N) is 4. The number of pyridine rings is 1. The van der Waals surface area contributed by atoms with Gasteiger partial charge in [0.2, 0.25) is 0 Å². The second-order valence-corrected chi connectivity index (χ2v) is 9.36. The van der Waals surface area contributed by atoms with Crippen LogP contribution in [0.1, 0.15) is 43.7 Å². The topological polar surface area (TPSA) is 55.8 Å². The zero-order valence-electron chi connectivity index (χ0n) is 19.8. The quantitative estimate of drug-likeness (QED) is 0.551. The first-order valence-electron chi connectivity index (χ1n) is 12.1. The highest BCUT2D eigenvalue weighted by Gasteiger charge is 2.21. The number of piperidine rings is 2. The van der Waals surface area contributed by atoms with Crippen LogP contribution in [0.25, 0.3) is 0 Å². The standard InChI is InChI=1S/C26H38N6/c1-20-10-14-31(15-11-20)24-7-5-22(6-8-24)19-29-26(27-3)30-23-12-16-32(17-13-23)25-9-4-21(2)18-28-25/h4-9,18,20,23H,10-17,19H2,1-3H3,(H2,27,29,30). The summed E-state index contributed by atoms with van der Waals surface area (Å²) >= 11 is 0. The molecular weight excluding hydrogens is 396 g/mol. The van der Waals surface area contributed by atoms with E-state index in [9.17, 15) is 0 Å². The highest BCUT2D eigenvalue weighted by Crippen LogP contribution is 2.23. The van der Waals surface area contributed by atoms with Gasteiger partial charge in [-0.1, -0.05) is 25.1 Å².